The first kappa shape index (κ1) is 29.0. The van der Waals surface area contributed by atoms with Gasteiger partial charge in [0.1, 0.15) is 23.8 Å². The number of alkyl halides is 2. The number of piperidine rings is 1. The minimum atomic E-state index is -1.97. The van der Waals surface area contributed by atoms with Gasteiger partial charge in [0.15, 0.2) is 17.4 Å². The van der Waals surface area contributed by atoms with Crippen molar-refractivity contribution in [2.45, 2.75) is 83.9 Å². The third-order valence-electron chi connectivity index (χ3n) is 8.04. The third kappa shape index (κ3) is 6.23. The molecule has 1 spiro atoms. The number of carbonyl (C=O) groups is 2. The molecule has 2 saturated heterocycles. The largest absolute Gasteiger partial charge is 0.451 e. The second-order valence-corrected chi connectivity index (χ2v) is 12.9. The zero-order chi connectivity index (χ0) is 29.6. The van der Waals surface area contributed by atoms with Crippen molar-refractivity contribution in [3.05, 3.63) is 42.4 Å². The number of benzene rings is 1. The molecule has 0 bridgehead atoms. The molecule has 2 aliphatic heterocycles. The van der Waals surface area contributed by atoms with Crippen molar-refractivity contribution < 1.29 is 27.8 Å². The molecule has 1 aromatic heterocycles. The number of hydrogen-bond acceptors (Lipinski definition) is 7. The SMILES string of the molecule is CC(C)(C)OC(=O)N1CCC2(CC1)CN(c1ncncc1Oc1ccccc1C(=O)N(C1CC(F)C1)C(C)(C)F)C2. The molecule has 0 N–H and O–H groups in total. The average Bonchev–Trinajstić information content (AvgIpc) is 2.85. The van der Waals surface area contributed by atoms with E-state index in [2.05, 4.69) is 14.9 Å². The summed E-state index contributed by atoms with van der Waals surface area (Å²) in [6.45, 7) is 11.0. The molecule has 11 heteroatoms. The lowest BCUT2D eigenvalue weighted by Crippen LogP contribution is -2.61. The van der Waals surface area contributed by atoms with E-state index < -0.39 is 29.5 Å². The Labute approximate surface area is 239 Å². The number of rotatable bonds is 6. The first-order valence-electron chi connectivity index (χ1n) is 14.2. The quantitative estimate of drug-likeness (QED) is 0.408. The van der Waals surface area contributed by atoms with Gasteiger partial charge >= 0.3 is 6.09 Å². The highest BCUT2D eigenvalue weighted by atomic mass is 19.1. The van der Waals surface area contributed by atoms with E-state index in [-0.39, 0.29) is 35.7 Å². The summed E-state index contributed by atoms with van der Waals surface area (Å²) >= 11 is 0. The minimum Gasteiger partial charge on any atom is -0.451 e. The fourth-order valence-electron chi connectivity index (χ4n) is 5.89. The van der Waals surface area contributed by atoms with Crippen LogP contribution in [0.25, 0.3) is 0 Å². The molecule has 41 heavy (non-hydrogen) atoms. The molecule has 1 aliphatic carbocycles. The monoisotopic (exact) mass is 571 g/mol. The topological polar surface area (TPSA) is 88.1 Å². The Kier molecular flexibility index (Phi) is 7.59. The van der Waals surface area contributed by atoms with E-state index in [1.54, 1.807) is 35.4 Å². The molecule has 0 radical (unpaired) electrons. The zero-order valence-electron chi connectivity index (χ0n) is 24.4. The van der Waals surface area contributed by atoms with E-state index in [4.69, 9.17) is 9.47 Å². The van der Waals surface area contributed by atoms with Gasteiger partial charge in [-0.3, -0.25) is 4.79 Å². The summed E-state index contributed by atoms with van der Waals surface area (Å²) in [5, 5.41) is 0. The number of nitrogens with zero attached hydrogens (tertiary/aromatic N) is 5. The van der Waals surface area contributed by atoms with E-state index in [0.29, 0.717) is 24.7 Å². The van der Waals surface area contributed by atoms with Crippen LogP contribution in [0, 0.1) is 5.41 Å². The predicted octanol–water partition coefficient (Wildman–Crippen LogP) is 5.75. The average molecular weight is 572 g/mol. The van der Waals surface area contributed by atoms with Gasteiger partial charge in [-0.25, -0.2) is 23.5 Å². The fourth-order valence-corrected chi connectivity index (χ4v) is 5.89. The second-order valence-electron chi connectivity index (χ2n) is 12.9. The van der Waals surface area contributed by atoms with Gasteiger partial charge < -0.3 is 24.2 Å². The summed E-state index contributed by atoms with van der Waals surface area (Å²) in [5.41, 5.74) is -0.273. The third-order valence-corrected chi connectivity index (χ3v) is 8.04. The second kappa shape index (κ2) is 10.7. The van der Waals surface area contributed by atoms with E-state index in [1.807, 2.05) is 20.8 Å². The van der Waals surface area contributed by atoms with Crippen molar-refractivity contribution in [3.63, 3.8) is 0 Å². The summed E-state index contributed by atoms with van der Waals surface area (Å²) in [4.78, 5) is 39.7. The number of ether oxygens (including phenoxy) is 2. The number of likely N-dealkylation sites (tertiary alicyclic amines) is 1. The molecule has 0 unspecified atom stereocenters. The summed E-state index contributed by atoms with van der Waals surface area (Å²) in [7, 11) is 0. The Morgan fingerprint density at radius 1 is 1.05 bits per heavy atom. The number of para-hydroxylation sites is 1. The van der Waals surface area contributed by atoms with Crippen molar-refractivity contribution >= 4 is 17.8 Å². The first-order chi connectivity index (χ1) is 19.2. The van der Waals surface area contributed by atoms with Crippen LogP contribution in [0.5, 0.6) is 11.5 Å². The van der Waals surface area contributed by atoms with Crippen LogP contribution in [0.4, 0.5) is 19.4 Å². The van der Waals surface area contributed by atoms with Crippen molar-refractivity contribution in [1.82, 2.24) is 19.8 Å². The van der Waals surface area contributed by atoms with Crippen LogP contribution in [0.1, 0.15) is 70.7 Å². The lowest BCUT2D eigenvalue weighted by atomic mass is 9.72. The van der Waals surface area contributed by atoms with E-state index >= 15 is 4.39 Å². The summed E-state index contributed by atoms with van der Waals surface area (Å²) < 4.78 is 40.5. The highest BCUT2D eigenvalue weighted by Gasteiger charge is 2.47. The molecule has 0 atom stereocenters. The number of halogens is 2. The maximum atomic E-state index is 15.2. The fraction of sp³-hybridized carbons (Fsp3) is 0.600. The Balaban J connectivity index is 1.28. The van der Waals surface area contributed by atoms with Crippen LogP contribution in [-0.4, -0.2) is 81.6 Å². The van der Waals surface area contributed by atoms with Crippen LogP contribution >= 0.6 is 0 Å². The summed E-state index contributed by atoms with van der Waals surface area (Å²) in [6, 6.07) is 6.14. The molecule has 3 aliphatic rings. The van der Waals surface area contributed by atoms with Crippen LogP contribution in [0.3, 0.4) is 0 Å². The van der Waals surface area contributed by atoms with Gasteiger partial charge in [-0.15, -0.1) is 0 Å². The van der Waals surface area contributed by atoms with Gasteiger partial charge in [0.25, 0.3) is 5.91 Å². The number of aromatic nitrogens is 2. The maximum absolute atomic E-state index is 15.2. The Morgan fingerprint density at radius 3 is 2.32 bits per heavy atom. The Morgan fingerprint density at radius 2 is 1.71 bits per heavy atom. The van der Waals surface area contributed by atoms with Crippen LogP contribution in [0.2, 0.25) is 0 Å². The van der Waals surface area contributed by atoms with Crippen LogP contribution < -0.4 is 9.64 Å². The smallest absolute Gasteiger partial charge is 0.410 e. The van der Waals surface area contributed by atoms with Crippen molar-refractivity contribution in [2.24, 2.45) is 5.41 Å². The number of amides is 2. The van der Waals surface area contributed by atoms with E-state index in [0.717, 1.165) is 30.8 Å². The zero-order valence-corrected chi connectivity index (χ0v) is 24.4. The predicted molar refractivity (Wildman–Crippen MR) is 150 cm³/mol. The van der Waals surface area contributed by atoms with Gasteiger partial charge in [0.05, 0.1) is 11.8 Å². The molecule has 9 nitrogen and oxygen atoms in total. The van der Waals surface area contributed by atoms with Gasteiger partial charge in [-0.1, -0.05) is 12.1 Å². The molecular weight excluding hydrogens is 532 g/mol. The van der Waals surface area contributed by atoms with Gasteiger partial charge in [-0.2, -0.15) is 0 Å². The van der Waals surface area contributed by atoms with Gasteiger partial charge in [0, 0.05) is 37.6 Å². The summed E-state index contributed by atoms with van der Waals surface area (Å²) in [6.07, 6.45) is 3.64. The van der Waals surface area contributed by atoms with Crippen molar-refractivity contribution in [3.8, 4) is 11.5 Å². The normalized spacial score (nSPS) is 22.0. The van der Waals surface area contributed by atoms with Gasteiger partial charge in [0.2, 0.25) is 0 Å². The number of anilines is 1. The molecule has 222 valence electrons. The lowest BCUT2D eigenvalue weighted by Gasteiger charge is -2.54. The molecular formula is C30H39F2N5O4. The maximum Gasteiger partial charge on any atom is 0.410 e. The van der Waals surface area contributed by atoms with Gasteiger partial charge in [-0.05, 0) is 72.4 Å². The molecule has 1 aromatic carbocycles. The van der Waals surface area contributed by atoms with Crippen LogP contribution in [-0.2, 0) is 4.74 Å². The van der Waals surface area contributed by atoms with Crippen molar-refractivity contribution in [1.29, 1.82) is 0 Å². The Bertz CT molecular complexity index is 1270. The molecule has 2 aromatic rings. The van der Waals surface area contributed by atoms with Crippen LogP contribution in [0.15, 0.2) is 36.8 Å². The molecule has 3 heterocycles. The highest BCUT2D eigenvalue weighted by Crippen LogP contribution is 2.45. The van der Waals surface area contributed by atoms with Crippen molar-refractivity contribution in [2.75, 3.05) is 31.1 Å². The lowest BCUT2D eigenvalue weighted by molar-refractivity contribution is -0.0532. The highest BCUT2D eigenvalue weighted by molar-refractivity contribution is 5.97. The number of carbonyl (C=O) groups excluding carboxylic acids is 2. The molecule has 3 fully saturated rings. The standard InChI is InChI=1S/C30H39F2N5O4/c1-28(2,3)41-27(39)35-12-10-30(11-13-35)17-36(18-30)25-24(16-33-19-34-25)40-23-9-7-6-8-22(23)26(38)37(29(4,5)32)21-14-20(31)15-21/h6-9,16,19-21H,10-15,17-18H2,1-5H3. The molecule has 5 rings (SSSR count). The van der Waals surface area contributed by atoms with E-state index in [1.165, 1.54) is 20.2 Å². The minimum absolute atomic E-state index is 0.0683. The first-order valence-corrected chi connectivity index (χ1v) is 14.2. The Hall–Kier alpha value is -3.50. The molecule has 2 amide bonds. The van der Waals surface area contributed by atoms with E-state index in [9.17, 15) is 14.0 Å². The molecule has 1 saturated carbocycles. The summed E-state index contributed by atoms with van der Waals surface area (Å²) in [5.74, 6) is -1.29. The number of hydrogen-bond donors (Lipinski definition) is 0.